The molecule has 0 saturated carbocycles. The van der Waals surface area contributed by atoms with Crippen molar-refractivity contribution in [3.05, 3.63) is 162 Å². The van der Waals surface area contributed by atoms with Crippen molar-refractivity contribution in [2.45, 2.75) is 6.17 Å². The SMILES string of the molecule is c1ccc(C2=NC(c3ccccc3)Nc3ccc(-c4cccc(-c5ccc6ccc7cccnc7c6n5)c4)cc32)cc1. The minimum atomic E-state index is -0.146. The Labute approximate surface area is 244 Å². The summed E-state index contributed by atoms with van der Waals surface area (Å²) < 4.78 is 0. The number of nitrogens with one attached hydrogen (secondary N) is 1. The molecule has 0 aliphatic carbocycles. The molecule has 1 aliphatic heterocycles. The van der Waals surface area contributed by atoms with Crippen LogP contribution in [0.1, 0.15) is 22.9 Å². The van der Waals surface area contributed by atoms with Crippen molar-refractivity contribution in [1.82, 2.24) is 9.97 Å². The molecule has 7 aromatic rings. The van der Waals surface area contributed by atoms with Crippen LogP contribution in [0.5, 0.6) is 0 Å². The van der Waals surface area contributed by atoms with Gasteiger partial charge in [-0.05, 0) is 47.0 Å². The van der Waals surface area contributed by atoms with Gasteiger partial charge in [-0.15, -0.1) is 0 Å². The Kier molecular flexibility index (Phi) is 5.82. The summed E-state index contributed by atoms with van der Waals surface area (Å²) in [6, 6.07) is 48.5. The van der Waals surface area contributed by atoms with Crippen molar-refractivity contribution in [3.8, 4) is 22.4 Å². The molecule has 0 radical (unpaired) electrons. The number of hydrogen-bond donors (Lipinski definition) is 1. The fourth-order valence-electron chi connectivity index (χ4n) is 5.79. The van der Waals surface area contributed by atoms with Gasteiger partial charge in [0.2, 0.25) is 0 Å². The molecule has 0 bridgehead atoms. The van der Waals surface area contributed by atoms with E-state index in [9.17, 15) is 0 Å². The molecule has 0 fully saturated rings. The maximum Gasteiger partial charge on any atom is 0.145 e. The Bertz CT molecular complexity index is 2120. The summed E-state index contributed by atoms with van der Waals surface area (Å²) in [5, 5.41) is 5.84. The fourth-order valence-corrected chi connectivity index (χ4v) is 5.79. The first-order valence-electron chi connectivity index (χ1n) is 14.1. The summed E-state index contributed by atoms with van der Waals surface area (Å²) >= 11 is 0. The smallest absolute Gasteiger partial charge is 0.145 e. The summed E-state index contributed by atoms with van der Waals surface area (Å²) in [6.07, 6.45) is 1.68. The molecular weight excluding hydrogens is 512 g/mol. The molecule has 1 unspecified atom stereocenters. The van der Waals surface area contributed by atoms with Gasteiger partial charge >= 0.3 is 0 Å². The van der Waals surface area contributed by atoms with Gasteiger partial charge in [0.15, 0.2) is 0 Å². The molecule has 3 heterocycles. The van der Waals surface area contributed by atoms with Gasteiger partial charge in [0, 0.05) is 39.3 Å². The van der Waals surface area contributed by atoms with Crippen molar-refractivity contribution in [2.24, 2.45) is 4.99 Å². The molecule has 198 valence electrons. The zero-order valence-electron chi connectivity index (χ0n) is 22.8. The average Bonchev–Trinajstić information content (AvgIpc) is 3.08. The molecule has 0 spiro atoms. The lowest BCUT2D eigenvalue weighted by molar-refractivity contribution is 0.828. The van der Waals surface area contributed by atoms with Crippen LogP contribution >= 0.6 is 0 Å². The second-order valence-electron chi connectivity index (χ2n) is 10.6. The molecule has 42 heavy (non-hydrogen) atoms. The molecule has 1 aliphatic rings. The molecular formula is C38H26N4. The molecule has 0 amide bonds. The number of pyridine rings is 2. The van der Waals surface area contributed by atoms with Crippen LogP contribution in [0.4, 0.5) is 5.69 Å². The van der Waals surface area contributed by atoms with Crippen molar-refractivity contribution in [2.75, 3.05) is 5.32 Å². The van der Waals surface area contributed by atoms with Crippen molar-refractivity contribution < 1.29 is 0 Å². The summed E-state index contributed by atoms with van der Waals surface area (Å²) in [4.78, 5) is 14.9. The van der Waals surface area contributed by atoms with Gasteiger partial charge in [0.05, 0.1) is 22.4 Å². The third kappa shape index (κ3) is 4.30. The van der Waals surface area contributed by atoms with Crippen LogP contribution in [0.15, 0.2) is 151 Å². The highest BCUT2D eigenvalue weighted by atomic mass is 15.1. The molecule has 4 heteroatoms. The highest BCUT2D eigenvalue weighted by Crippen LogP contribution is 2.36. The molecule has 1 N–H and O–H groups in total. The lowest BCUT2D eigenvalue weighted by atomic mass is 9.93. The van der Waals surface area contributed by atoms with E-state index in [1.165, 1.54) is 0 Å². The van der Waals surface area contributed by atoms with E-state index < -0.39 is 0 Å². The number of fused-ring (bicyclic) bond motifs is 4. The Morgan fingerprint density at radius 1 is 0.524 bits per heavy atom. The normalized spacial score (nSPS) is 14.3. The number of hydrogen-bond acceptors (Lipinski definition) is 4. The van der Waals surface area contributed by atoms with Crippen molar-refractivity contribution >= 4 is 33.2 Å². The number of benzene rings is 5. The summed E-state index contributed by atoms with van der Waals surface area (Å²) in [5.41, 5.74) is 11.5. The Balaban J connectivity index is 1.21. The van der Waals surface area contributed by atoms with Gasteiger partial charge in [-0.25, -0.2) is 4.98 Å². The van der Waals surface area contributed by atoms with Crippen LogP contribution < -0.4 is 5.32 Å². The van der Waals surface area contributed by atoms with E-state index in [0.29, 0.717) is 0 Å². The number of aliphatic imine (C=N–C) groups is 1. The molecule has 1 atom stereocenters. The second kappa shape index (κ2) is 10.1. The van der Waals surface area contributed by atoms with Crippen LogP contribution in [0.25, 0.3) is 44.2 Å². The molecule has 8 rings (SSSR count). The molecule has 2 aromatic heterocycles. The van der Waals surface area contributed by atoms with E-state index in [2.05, 4.69) is 132 Å². The highest BCUT2D eigenvalue weighted by molar-refractivity contribution is 6.17. The van der Waals surface area contributed by atoms with Gasteiger partial charge in [0.1, 0.15) is 6.17 Å². The van der Waals surface area contributed by atoms with E-state index in [0.717, 1.165) is 72.3 Å². The zero-order chi connectivity index (χ0) is 27.9. The minimum Gasteiger partial charge on any atom is -0.360 e. The van der Waals surface area contributed by atoms with Gasteiger partial charge in [-0.3, -0.25) is 9.98 Å². The second-order valence-corrected chi connectivity index (χ2v) is 10.6. The Morgan fingerprint density at radius 3 is 2.10 bits per heavy atom. The third-order valence-electron chi connectivity index (χ3n) is 7.91. The number of rotatable bonds is 4. The van der Waals surface area contributed by atoms with Crippen LogP contribution in [0, 0.1) is 0 Å². The van der Waals surface area contributed by atoms with Crippen LogP contribution in [-0.2, 0) is 0 Å². The predicted molar refractivity (Wildman–Crippen MR) is 173 cm³/mol. The maximum absolute atomic E-state index is 5.21. The van der Waals surface area contributed by atoms with Crippen LogP contribution in [0.3, 0.4) is 0 Å². The van der Waals surface area contributed by atoms with E-state index in [4.69, 9.17) is 9.98 Å². The Hall–Kier alpha value is -5.61. The predicted octanol–water partition coefficient (Wildman–Crippen LogP) is 9.08. The fraction of sp³-hybridized carbons (Fsp3) is 0.0263. The zero-order valence-corrected chi connectivity index (χ0v) is 22.8. The Morgan fingerprint density at radius 2 is 1.24 bits per heavy atom. The minimum absolute atomic E-state index is 0.146. The lowest BCUT2D eigenvalue weighted by Gasteiger charge is -2.27. The third-order valence-corrected chi connectivity index (χ3v) is 7.91. The number of anilines is 1. The first-order chi connectivity index (χ1) is 20.8. The molecule has 5 aromatic carbocycles. The van der Waals surface area contributed by atoms with Crippen LogP contribution in [0.2, 0.25) is 0 Å². The van der Waals surface area contributed by atoms with Crippen molar-refractivity contribution in [1.29, 1.82) is 0 Å². The topological polar surface area (TPSA) is 50.2 Å². The van der Waals surface area contributed by atoms with E-state index >= 15 is 0 Å². The van der Waals surface area contributed by atoms with E-state index in [1.807, 2.05) is 24.4 Å². The van der Waals surface area contributed by atoms with Gasteiger partial charge in [-0.2, -0.15) is 0 Å². The number of aromatic nitrogens is 2. The first kappa shape index (κ1) is 24.2. The largest absolute Gasteiger partial charge is 0.360 e. The average molecular weight is 539 g/mol. The van der Waals surface area contributed by atoms with Crippen molar-refractivity contribution in [3.63, 3.8) is 0 Å². The molecule has 4 nitrogen and oxygen atoms in total. The van der Waals surface area contributed by atoms with Gasteiger partial charge < -0.3 is 5.32 Å². The van der Waals surface area contributed by atoms with Gasteiger partial charge in [0.25, 0.3) is 0 Å². The summed E-state index contributed by atoms with van der Waals surface area (Å²) in [7, 11) is 0. The standard InChI is InChI=1S/C38H26N4/c1-3-9-25(10-4-1)35-32-24-30(19-21-34(32)41-38(42-35)28-11-5-2-6-12-28)29-13-7-14-31(23-29)33-20-18-27-17-16-26-15-8-22-39-36(26)37(27)40-33/h1-24,38,41H. The summed E-state index contributed by atoms with van der Waals surface area (Å²) in [6.45, 7) is 0. The van der Waals surface area contributed by atoms with Crippen LogP contribution in [-0.4, -0.2) is 15.7 Å². The van der Waals surface area contributed by atoms with E-state index in [1.54, 1.807) is 0 Å². The lowest BCUT2D eigenvalue weighted by Crippen LogP contribution is -2.20. The monoisotopic (exact) mass is 538 g/mol. The highest BCUT2D eigenvalue weighted by Gasteiger charge is 2.23. The summed E-state index contributed by atoms with van der Waals surface area (Å²) in [5.74, 6) is 0. The molecule has 0 saturated heterocycles. The number of nitrogens with zero attached hydrogens (tertiary/aromatic N) is 3. The van der Waals surface area contributed by atoms with E-state index in [-0.39, 0.29) is 6.17 Å². The quantitative estimate of drug-likeness (QED) is 0.227. The maximum atomic E-state index is 5.21. The first-order valence-corrected chi connectivity index (χ1v) is 14.1. The van der Waals surface area contributed by atoms with Gasteiger partial charge in [-0.1, -0.05) is 109 Å².